The maximum Gasteiger partial charge on any atom is 0.269 e. The molecule has 0 spiro atoms. The highest BCUT2D eigenvalue weighted by Crippen LogP contribution is 2.15. The van der Waals surface area contributed by atoms with Gasteiger partial charge in [-0.1, -0.05) is 29.8 Å². The topological polar surface area (TPSA) is 63.8 Å². The van der Waals surface area contributed by atoms with E-state index in [1.54, 1.807) is 10.9 Å². The third-order valence-electron chi connectivity index (χ3n) is 2.85. The van der Waals surface area contributed by atoms with E-state index in [4.69, 9.17) is 17.3 Å². The van der Waals surface area contributed by atoms with E-state index in [1.807, 2.05) is 24.3 Å². The van der Waals surface area contributed by atoms with Crippen molar-refractivity contribution >= 4 is 11.6 Å². The number of nitrogens with two attached hydrogens (primary N) is 1. The summed E-state index contributed by atoms with van der Waals surface area (Å²) in [7, 11) is 0. The maximum atomic E-state index is 12.0. The normalized spacial score (nSPS) is 10.8. The van der Waals surface area contributed by atoms with E-state index in [2.05, 4.69) is 5.10 Å². The number of benzene rings is 1. The van der Waals surface area contributed by atoms with Gasteiger partial charge in [-0.05, 0) is 31.0 Å². The fourth-order valence-electron chi connectivity index (χ4n) is 1.84. The summed E-state index contributed by atoms with van der Waals surface area (Å²) in [4.78, 5) is 12.0. The number of hydrogen-bond donors (Lipinski definition) is 2. The van der Waals surface area contributed by atoms with Crippen molar-refractivity contribution < 1.29 is 0 Å². The lowest BCUT2D eigenvalue weighted by atomic mass is 10.2. The first kappa shape index (κ1) is 12.9. The van der Waals surface area contributed by atoms with Crippen LogP contribution in [0.1, 0.15) is 17.5 Å². The van der Waals surface area contributed by atoms with Gasteiger partial charge in [-0.2, -0.15) is 0 Å². The van der Waals surface area contributed by atoms with Crippen molar-refractivity contribution in [3.05, 3.63) is 57.0 Å². The molecule has 0 unspecified atom stereocenters. The van der Waals surface area contributed by atoms with Gasteiger partial charge in [0.25, 0.3) is 5.56 Å². The van der Waals surface area contributed by atoms with Crippen molar-refractivity contribution in [3.63, 3.8) is 0 Å². The Morgan fingerprint density at radius 3 is 2.78 bits per heavy atom. The molecule has 0 saturated heterocycles. The van der Waals surface area contributed by atoms with Gasteiger partial charge in [-0.25, -0.2) is 4.68 Å². The van der Waals surface area contributed by atoms with Crippen LogP contribution in [0.3, 0.4) is 0 Å². The number of aromatic amines is 1. The summed E-state index contributed by atoms with van der Waals surface area (Å²) in [5.74, 6) is 0. The fraction of sp³-hybridized carbons (Fsp3) is 0.308. The highest BCUT2D eigenvalue weighted by atomic mass is 35.5. The molecule has 1 aromatic heterocycles. The Morgan fingerprint density at radius 2 is 2.06 bits per heavy atom. The minimum atomic E-state index is 0.00312. The van der Waals surface area contributed by atoms with Crippen molar-refractivity contribution in [1.29, 1.82) is 0 Å². The standard InChI is InChI=1S/C13H16ClN3O/c14-12-6-2-1-4-11(12)9-17-13(18)10(8-16-17)5-3-7-15/h1-2,4,6,8,16H,3,5,7,9,15H2. The van der Waals surface area contributed by atoms with Gasteiger partial charge in [0, 0.05) is 16.8 Å². The second-order valence-electron chi connectivity index (χ2n) is 4.17. The van der Waals surface area contributed by atoms with Crippen LogP contribution in [0.15, 0.2) is 35.3 Å². The highest BCUT2D eigenvalue weighted by Gasteiger charge is 2.07. The molecular formula is C13H16ClN3O. The molecular weight excluding hydrogens is 250 g/mol. The summed E-state index contributed by atoms with van der Waals surface area (Å²) < 4.78 is 1.56. The summed E-state index contributed by atoms with van der Waals surface area (Å²) >= 11 is 6.07. The summed E-state index contributed by atoms with van der Waals surface area (Å²) in [6.07, 6.45) is 3.27. The Labute approximate surface area is 110 Å². The van der Waals surface area contributed by atoms with Crippen LogP contribution in [0, 0.1) is 0 Å². The predicted octanol–water partition coefficient (Wildman–Crippen LogP) is 1.77. The molecule has 0 fully saturated rings. The molecule has 2 rings (SSSR count). The van der Waals surface area contributed by atoms with Crippen LogP contribution in [0.4, 0.5) is 0 Å². The van der Waals surface area contributed by atoms with E-state index in [1.165, 1.54) is 0 Å². The van der Waals surface area contributed by atoms with Crippen molar-refractivity contribution in [3.8, 4) is 0 Å². The van der Waals surface area contributed by atoms with E-state index in [9.17, 15) is 4.79 Å². The van der Waals surface area contributed by atoms with E-state index < -0.39 is 0 Å². The average molecular weight is 266 g/mol. The number of halogens is 1. The molecule has 0 aliphatic carbocycles. The maximum absolute atomic E-state index is 12.0. The third-order valence-corrected chi connectivity index (χ3v) is 3.22. The molecule has 18 heavy (non-hydrogen) atoms. The Balaban J connectivity index is 2.18. The van der Waals surface area contributed by atoms with Gasteiger partial charge in [0.2, 0.25) is 0 Å². The number of nitrogens with zero attached hydrogens (tertiary/aromatic N) is 1. The van der Waals surface area contributed by atoms with Gasteiger partial charge < -0.3 is 10.8 Å². The fourth-order valence-corrected chi connectivity index (χ4v) is 2.03. The molecule has 1 aromatic carbocycles. The quantitative estimate of drug-likeness (QED) is 0.865. The van der Waals surface area contributed by atoms with Crippen molar-refractivity contribution in [2.75, 3.05) is 6.54 Å². The van der Waals surface area contributed by atoms with Crippen LogP contribution in [-0.4, -0.2) is 16.3 Å². The minimum Gasteiger partial charge on any atom is -0.330 e. The molecule has 5 heteroatoms. The molecule has 4 nitrogen and oxygen atoms in total. The lowest BCUT2D eigenvalue weighted by Gasteiger charge is -2.04. The number of hydrogen-bond acceptors (Lipinski definition) is 2. The van der Waals surface area contributed by atoms with Gasteiger partial charge in [0.15, 0.2) is 0 Å². The van der Waals surface area contributed by atoms with Crippen LogP contribution in [0.25, 0.3) is 0 Å². The molecule has 96 valence electrons. The number of H-pyrrole nitrogens is 1. The molecule has 0 atom stereocenters. The van der Waals surface area contributed by atoms with E-state index in [0.717, 1.165) is 17.5 Å². The smallest absolute Gasteiger partial charge is 0.269 e. The largest absolute Gasteiger partial charge is 0.330 e. The average Bonchev–Trinajstić information content (AvgIpc) is 2.71. The van der Waals surface area contributed by atoms with Crippen molar-refractivity contribution in [1.82, 2.24) is 9.78 Å². The Hall–Kier alpha value is -1.52. The first-order valence-electron chi connectivity index (χ1n) is 5.93. The summed E-state index contributed by atoms with van der Waals surface area (Å²) in [5, 5.41) is 3.63. The first-order valence-corrected chi connectivity index (χ1v) is 6.30. The van der Waals surface area contributed by atoms with E-state index in [-0.39, 0.29) is 5.56 Å². The van der Waals surface area contributed by atoms with Gasteiger partial charge in [-0.15, -0.1) is 0 Å². The molecule has 0 amide bonds. The number of aromatic nitrogens is 2. The van der Waals surface area contributed by atoms with Gasteiger partial charge in [-0.3, -0.25) is 4.79 Å². The zero-order valence-electron chi connectivity index (χ0n) is 10.0. The summed E-state index contributed by atoms with van der Waals surface area (Å²) in [5.41, 5.74) is 7.14. The molecule has 0 radical (unpaired) electrons. The molecule has 0 saturated carbocycles. The SMILES string of the molecule is NCCCc1c[nH]n(Cc2ccccc2Cl)c1=O. The Kier molecular flexibility index (Phi) is 4.23. The van der Waals surface area contributed by atoms with Crippen LogP contribution >= 0.6 is 11.6 Å². The number of aryl methyl sites for hydroxylation is 1. The Bertz CT molecular complexity index is 574. The lowest BCUT2D eigenvalue weighted by molar-refractivity contribution is 0.661. The first-order chi connectivity index (χ1) is 8.72. The molecule has 3 N–H and O–H groups in total. The zero-order chi connectivity index (χ0) is 13.0. The van der Waals surface area contributed by atoms with Crippen LogP contribution in [-0.2, 0) is 13.0 Å². The second kappa shape index (κ2) is 5.89. The molecule has 1 heterocycles. The molecule has 0 bridgehead atoms. The summed E-state index contributed by atoms with van der Waals surface area (Å²) in [6.45, 7) is 1.05. The van der Waals surface area contributed by atoms with Crippen LogP contribution in [0.5, 0.6) is 0 Å². The van der Waals surface area contributed by atoms with Crippen molar-refractivity contribution in [2.24, 2.45) is 5.73 Å². The zero-order valence-corrected chi connectivity index (χ0v) is 10.8. The monoisotopic (exact) mass is 265 g/mol. The van der Waals surface area contributed by atoms with Crippen LogP contribution in [0.2, 0.25) is 5.02 Å². The second-order valence-corrected chi connectivity index (χ2v) is 4.58. The number of nitrogens with one attached hydrogen (secondary N) is 1. The minimum absolute atomic E-state index is 0.00312. The molecule has 0 aliphatic heterocycles. The Morgan fingerprint density at radius 1 is 1.28 bits per heavy atom. The van der Waals surface area contributed by atoms with Gasteiger partial charge in [0.05, 0.1) is 6.54 Å². The number of rotatable bonds is 5. The van der Waals surface area contributed by atoms with Gasteiger partial charge in [0.1, 0.15) is 0 Å². The van der Waals surface area contributed by atoms with Crippen molar-refractivity contribution in [2.45, 2.75) is 19.4 Å². The predicted molar refractivity (Wildman–Crippen MR) is 73.0 cm³/mol. The van der Waals surface area contributed by atoms with Gasteiger partial charge >= 0.3 is 0 Å². The molecule has 2 aromatic rings. The van der Waals surface area contributed by atoms with Crippen LogP contribution < -0.4 is 11.3 Å². The lowest BCUT2D eigenvalue weighted by Crippen LogP contribution is -2.20. The highest BCUT2D eigenvalue weighted by molar-refractivity contribution is 6.31. The van der Waals surface area contributed by atoms with E-state index >= 15 is 0 Å². The van der Waals surface area contributed by atoms with E-state index in [0.29, 0.717) is 24.5 Å². The summed E-state index contributed by atoms with van der Waals surface area (Å²) in [6, 6.07) is 7.51. The third kappa shape index (κ3) is 2.83. The molecule has 0 aliphatic rings.